The summed E-state index contributed by atoms with van der Waals surface area (Å²) in [7, 11) is 0. The zero-order valence-corrected chi connectivity index (χ0v) is 12.3. The van der Waals surface area contributed by atoms with E-state index in [-0.39, 0.29) is 18.6 Å². The second kappa shape index (κ2) is 6.75. The quantitative estimate of drug-likeness (QED) is 0.896. The Morgan fingerprint density at radius 1 is 1.45 bits per heavy atom. The van der Waals surface area contributed by atoms with Crippen molar-refractivity contribution in [2.24, 2.45) is 0 Å². The third-order valence-corrected chi connectivity index (χ3v) is 3.81. The molecule has 4 heteroatoms. The van der Waals surface area contributed by atoms with Gasteiger partial charge in [0.25, 0.3) is 0 Å². The number of likely N-dealkylation sites (tertiary alicyclic amines) is 1. The van der Waals surface area contributed by atoms with Crippen molar-refractivity contribution in [2.75, 3.05) is 19.8 Å². The number of ether oxygens (including phenoxy) is 1. The molecule has 1 fully saturated rings. The number of rotatable bonds is 5. The highest BCUT2D eigenvalue weighted by Crippen LogP contribution is 2.20. The number of carbonyl (C=O) groups is 1. The first-order chi connectivity index (χ1) is 9.61. The molecule has 0 spiro atoms. The average molecular weight is 277 g/mol. The number of aliphatic hydroxyl groups is 1. The fraction of sp³-hybridized carbons (Fsp3) is 0.562. The van der Waals surface area contributed by atoms with E-state index in [4.69, 9.17) is 4.74 Å². The van der Waals surface area contributed by atoms with Crippen molar-refractivity contribution in [2.45, 2.75) is 39.2 Å². The van der Waals surface area contributed by atoms with Gasteiger partial charge in [0.1, 0.15) is 5.75 Å². The van der Waals surface area contributed by atoms with Crippen molar-refractivity contribution in [3.63, 3.8) is 0 Å². The minimum atomic E-state index is 0.00334. The molecule has 1 atom stereocenters. The maximum atomic E-state index is 12.1. The second-order valence-electron chi connectivity index (χ2n) is 5.43. The first-order valence-corrected chi connectivity index (χ1v) is 7.22. The van der Waals surface area contributed by atoms with Gasteiger partial charge in [0.15, 0.2) is 0 Å². The predicted octanol–water partition coefficient (Wildman–Crippen LogP) is 2.06. The zero-order valence-electron chi connectivity index (χ0n) is 12.3. The van der Waals surface area contributed by atoms with E-state index in [0.717, 1.165) is 30.7 Å². The van der Waals surface area contributed by atoms with Gasteiger partial charge in [-0.25, -0.2) is 0 Å². The monoisotopic (exact) mass is 277 g/mol. The summed E-state index contributed by atoms with van der Waals surface area (Å²) in [5.41, 5.74) is 2.29. The number of hydrogen-bond acceptors (Lipinski definition) is 3. The number of nitrogens with zero attached hydrogens (tertiary/aromatic N) is 1. The van der Waals surface area contributed by atoms with Crippen molar-refractivity contribution >= 4 is 5.91 Å². The zero-order chi connectivity index (χ0) is 14.5. The summed E-state index contributed by atoms with van der Waals surface area (Å²) in [6.07, 6.45) is 2.25. The van der Waals surface area contributed by atoms with Crippen LogP contribution in [0.4, 0.5) is 0 Å². The summed E-state index contributed by atoms with van der Waals surface area (Å²) < 4.78 is 5.68. The van der Waals surface area contributed by atoms with Gasteiger partial charge >= 0.3 is 0 Å². The average Bonchev–Trinajstić information content (AvgIpc) is 2.89. The van der Waals surface area contributed by atoms with E-state index in [1.807, 2.05) is 26.0 Å². The number of aliphatic hydroxyl groups excluding tert-OH is 1. The van der Waals surface area contributed by atoms with Crippen LogP contribution in [0.15, 0.2) is 18.2 Å². The summed E-state index contributed by atoms with van der Waals surface area (Å²) >= 11 is 0. The van der Waals surface area contributed by atoms with E-state index in [0.29, 0.717) is 13.0 Å². The molecular formula is C16H23NO3. The van der Waals surface area contributed by atoms with Crippen molar-refractivity contribution in [1.29, 1.82) is 0 Å². The molecule has 2 rings (SSSR count). The van der Waals surface area contributed by atoms with Crippen molar-refractivity contribution < 1.29 is 14.6 Å². The summed E-state index contributed by atoms with van der Waals surface area (Å²) in [5, 5.41) is 9.23. The van der Waals surface area contributed by atoms with Crippen LogP contribution in [0.2, 0.25) is 0 Å². The van der Waals surface area contributed by atoms with E-state index >= 15 is 0 Å². The second-order valence-corrected chi connectivity index (χ2v) is 5.43. The number of hydrogen-bond donors (Lipinski definition) is 1. The van der Waals surface area contributed by atoms with E-state index in [1.165, 1.54) is 5.56 Å². The fourth-order valence-corrected chi connectivity index (χ4v) is 2.71. The van der Waals surface area contributed by atoms with Gasteiger partial charge in [-0.15, -0.1) is 0 Å². The summed E-state index contributed by atoms with van der Waals surface area (Å²) in [6.45, 7) is 5.25. The molecule has 1 aromatic rings. The first-order valence-electron chi connectivity index (χ1n) is 7.22. The largest absolute Gasteiger partial charge is 0.493 e. The van der Waals surface area contributed by atoms with Gasteiger partial charge in [-0.2, -0.15) is 0 Å². The molecule has 1 saturated heterocycles. The van der Waals surface area contributed by atoms with Crippen LogP contribution in [0, 0.1) is 13.8 Å². The Kier molecular flexibility index (Phi) is 5.01. The first kappa shape index (κ1) is 14.9. The van der Waals surface area contributed by atoms with E-state index in [9.17, 15) is 9.90 Å². The lowest BCUT2D eigenvalue weighted by atomic mass is 10.1. The minimum Gasteiger partial charge on any atom is -0.493 e. The lowest BCUT2D eigenvalue weighted by Crippen LogP contribution is -2.38. The maximum Gasteiger partial charge on any atom is 0.226 e. The summed E-state index contributed by atoms with van der Waals surface area (Å²) in [6, 6.07) is 6.02. The maximum absolute atomic E-state index is 12.1. The number of amides is 1. The van der Waals surface area contributed by atoms with Crippen molar-refractivity contribution in [1.82, 2.24) is 4.90 Å². The highest BCUT2D eigenvalue weighted by atomic mass is 16.5. The lowest BCUT2D eigenvalue weighted by Gasteiger charge is -2.23. The Morgan fingerprint density at radius 2 is 2.25 bits per heavy atom. The Labute approximate surface area is 120 Å². The van der Waals surface area contributed by atoms with Crippen LogP contribution in [0.5, 0.6) is 5.75 Å². The number of carbonyl (C=O) groups excluding carboxylic acids is 1. The highest BCUT2D eigenvalue weighted by molar-refractivity contribution is 5.77. The fourth-order valence-electron chi connectivity index (χ4n) is 2.71. The summed E-state index contributed by atoms with van der Waals surface area (Å²) in [4.78, 5) is 13.9. The molecule has 0 saturated carbocycles. The van der Waals surface area contributed by atoms with Crippen LogP contribution in [0.3, 0.4) is 0 Å². The van der Waals surface area contributed by atoms with Gasteiger partial charge in [-0.3, -0.25) is 4.79 Å². The SMILES string of the molecule is Cc1ccc(OCCC(=O)N2CCC[C@H]2CO)c(C)c1. The normalized spacial score (nSPS) is 18.4. The van der Waals surface area contributed by atoms with Crippen LogP contribution in [-0.4, -0.2) is 41.7 Å². The molecule has 1 aliphatic heterocycles. The van der Waals surface area contributed by atoms with Crippen LogP contribution < -0.4 is 4.74 Å². The third-order valence-electron chi connectivity index (χ3n) is 3.81. The summed E-state index contributed by atoms with van der Waals surface area (Å²) in [5.74, 6) is 0.912. The third kappa shape index (κ3) is 3.51. The Bertz CT molecular complexity index is 473. The molecule has 1 aliphatic rings. The molecule has 0 unspecified atom stereocenters. The van der Waals surface area contributed by atoms with Crippen LogP contribution in [-0.2, 0) is 4.79 Å². The van der Waals surface area contributed by atoms with Crippen molar-refractivity contribution in [3.05, 3.63) is 29.3 Å². The van der Waals surface area contributed by atoms with E-state index in [2.05, 4.69) is 6.07 Å². The van der Waals surface area contributed by atoms with Gasteiger partial charge in [-0.05, 0) is 38.3 Å². The molecular weight excluding hydrogens is 254 g/mol. The molecule has 0 aliphatic carbocycles. The van der Waals surface area contributed by atoms with Crippen LogP contribution >= 0.6 is 0 Å². The van der Waals surface area contributed by atoms with Gasteiger partial charge in [-0.1, -0.05) is 17.7 Å². The molecule has 20 heavy (non-hydrogen) atoms. The molecule has 0 radical (unpaired) electrons. The predicted molar refractivity (Wildman–Crippen MR) is 77.8 cm³/mol. The molecule has 4 nitrogen and oxygen atoms in total. The topological polar surface area (TPSA) is 49.8 Å². The molecule has 1 aromatic carbocycles. The smallest absolute Gasteiger partial charge is 0.226 e. The van der Waals surface area contributed by atoms with Crippen LogP contribution in [0.25, 0.3) is 0 Å². The van der Waals surface area contributed by atoms with E-state index in [1.54, 1.807) is 4.90 Å². The van der Waals surface area contributed by atoms with Gasteiger partial charge in [0, 0.05) is 6.54 Å². The molecule has 110 valence electrons. The van der Waals surface area contributed by atoms with Gasteiger partial charge < -0.3 is 14.7 Å². The van der Waals surface area contributed by atoms with Gasteiger partial charge in [0.05, 0.1) is 25.7 Å². The molecule has 1 amide bonds. The van der Waals surface area contributed by atoms with Crippen LogP contribution in [0.1, 0.15) is 30.4 Å². The van der Waals surface area contributed by atoms with E-state index < -0.39 is 0 Å². The van der Waals surface area contributed by atoms with Gasteiger partial charge in [0.2, 0.25) is 5.91 Å². The Balaban J connectivity index is 1.82. The minimum absolute atomic E-state index is 0.00334. The highest BCUT2D eigenvalue weighted by Gasteiger charge is 2.27. The molecule has 0 aromatic heterocycles. The molecule has 1 heterocycles. The number of benzene rings is 1. The lowest BCUT2D eigenvalue weighted by molar-refractivity contribution is -0.133. The molecule has 1 N–H and O–H groups in total. The standard InChI is InChI=1S/C16H23NO3/c1-12-5-6-15(13(2)10-12)20-9-7-16(19)17-8-3-4-14(17)11-18/h5-6,10,14,18H,3-4,7-9,11H2,1-2H3/t14-/m0/s1. The van der Waals surface area contributed by atoms with Crippen molar-refractivity contribution in [3.8, 4) is 5.75 Å². The Morgan fingerprint density at radius 3 is 2.95 bits per heavy atom. The number of aryl methyl sites for hydroxylation is 2. The Hall–Kier alpha value is -1.55. The molecule has 0 bridgehead atoms.